The second kappa shape index (κ2) is 9.60. The van der Waals surface area contributed by atoms with Crippen molar-refractivity contribution in [3.63, 3.8) is 0 Å². The number of rotatable bonds is 8. The summed E-state index contributed by atoms with van der Waals surface area (Å²) in [6, 6.07) is 11.1. The summed E-state index contributed by atoms with van der Waals surface area (Å²) in [6.07, 6.45) is 1.57. The molecule has 1 aromatic heterocycles. The van der Waals surface area contributed by atoms with E-state index < -0.39 is 5.97 Å². The van der Waals surface area contributed by atoms with Gasteiger partial charge in [-0.05, 0) is 49.2 Å². The maximum absolute atomic E-state index is 12.3. The smallest absolute Gasteiger partial charge is 0.349 e. The minimum Gasteiger partial charge on any atom is -0.497 e. The Hall–Kier alpha value is -3.04. The number of benzene rings is 1. The summed E-state index contributed by atoms with van der Waals surface area (Å²) in [7, 11) is 3.23. The predicted molar refractivity (Wildman–Crippen MR) is 102 cm³/mol. The fraction of sp³-hybridized carbons (Fsp3) is 0.333. The Morgan fingerprint density at radius 2 is 2.04 bits per heavy atom. The summed E-state index contributed by atoms with van der Waals surface area (Å²) in [5.74, 6) is 0.0325. The minimum absolute atomic E-state index is 0.0371. The Bertz CT molecular complexity index is 875. The van der Waals surface area contributed by atoms with E-state index in [1.165, 1.54) is 0 Å². The molecule has 0 aliphatic carbocycles. The normalized spacial score (nSPS) is 11.1. The Labute approximate surface area is 159 Å². The lowest BCUT2D eigenvalue weighted by Crippen LogP contribution is -2.08. The highest BCUT2D eigenvalue weighted by Gasteiger charge is 2.14. The van der Waals surface area contributed by atoms with Gasteiger partial charge in [0.25, 0.3) is 0 Å². The molecule has 0 N–H and O–H groups in total. The van der Waals surface area contributed by atoms with Crippen LogP contribution < -0.4 is 4.74 Å². The van der Waals surface area contributed by atoms with Gasteiger partial charge in [0.15, 0.2) is 0 Å². The van der Waals surface area contributed by atoms with Crippen molar-refractivity contribution in [2.75, 3.05) is 20.8 Å². The van der Waals surface area contributed by atoms with Gasteiger partial charge >= 0.3 is 5.97 Å². The lowest BCUT2D eigenvalue weighted by Gasteiger charge is -2.08. The molecule has 142 valence electrons. The third kappa shape index (κ3) is 5.22. The van der Waals surface area contributed by atoms with Gasteiger partial charge < -0.3 is 18.8 Å². The number of nitrogens with zero attached hydrogens (tertiary/aromatic N) is 2. The van der Waals surface area contributed by atoms with Crippen LogP contribution in [0.3, 0.4) is 0 Å². The highest BCUT2D eigenvalue weighted by Crippen LogP contribution is 2.19. The lowest BCUT2D eigenvalue weighted by atomic mass is 10.1. The quantitative estimate of drug-likeness (QED) is 0.406. The van der Waals surface area contributed by atoms with Gasteiger partial charge in [0.2, 0.25) is 0 Å². The summed E-state index contributed by atoms with van der Waals surface area (Å²) in [5.41, 5.74) is 3.58. The number of ether oxygens (including phenoxy) is 3. The number of aromatic nitrogens is 1. The highest BCUT2D eigenvalue weighted by atomic mass is 16.5. The largest absolute Gasteiger partial charge is 0.497 e. The number of hydrogen-bond acceptors (Lipinski definition) is 5. The van der Waals surface area contributed by atoms with Crippen LogP contribution in [0.4, 0.5) is 0 Å². The monoisotopic (exact) mass is 368 g/mol. The van der Waals surface area contributed by atoms with Crippen LogP contribution in [0.5, 0.6) is 5.75 Å². The summed E-state index contributed by atoms with van der Waals surface area (Å²) in [6.45, 7) is 5.30. The zero-order valence-corrected chi connectivity index (χ0v) is 16.1. The predicted octanol–water partition coefficient (Wildman–Crippen LogP) is 3.41. The number of hydrogen-bond donors (Lipinski definition) is 0. The fourth-order valence-electron chi connectivity index (χ4n) is 2.78. The number of nitriles is 1. The molecule has 0 aliphatic heterocycles. The average molecular weight is 368 g/mol. The first kappa shape index (κ1) is 20.3. The van der Waals surface area contributed by atoms with E-state index in [0.29, 0.717) is 18.9 Å². The molecule has 0 saturated carbocycles. The van der Waals surface area contributed by atoms with E-state index in [9.17, 15) is 10.1 Å². The van der Waals surface area contributed by atoms with E-state index in [2.05, 4.69) is 4.57 Å². The topological polar surface area (TPSA) is 73.5 Å². The SMILES string of the molecule is COCCn1c(C)cc(/C=C(\C#N)C(=O)OCc2cccc(OC)c2)c1C. The molecule has 0 radical (unpaired) electrons. The molecule has 0 aliphatic rings. The molecule has 1 aromatic carbocycles. The Morgan fingerprint density at radius 3 is 2.70 bits per heavy atom. The molecule has 0 spiro atoms. The van der Waals surface area contributed by atoms with E-state index in [0.717, 1.165) is 22.5 Å². The van der Waals surface area contributed by atoms with Crippen LogP contribution in [0.15, 0.2) is 35.9 Å². The molecule has 2 rings (SSSR count). The van der Waals surface area contributed by atoms with Crippen LogP contribution >= 0.6 is 0 Å². The van der Waals surface area contributed by atoms with Gasteiger partial charge in [0.1, 0.15) is 24.0 Å². The molecule has 0 atom stereocenters. The third-order valence-corrected chi connectivity index (χ3v) is 4.28. The van der Waals surface area contributed by atoms with Gasteiger partial charge in [-0.15, -0.1) is 0 Å². The van der Waals surface area contributed by atoms with Crippen molar-refractivity contribution in [3.05, 3.63) is 58.4 Å². The number of methoxy groups -OCH3 is 2. The molecule has 0 unspecified atom stereocenters. The van der Waals surface area contributed by atoms with Gasteiger partial charge in [0, 0.05) is 25.0 Å². The maximum Gasteiger partial charge on any atom is 0.349 e. The maximum atomic E-state index is 12.3. The number of carbonyl (C=O) groups excluding carboxylic acids is 1. The van der Waals surface area contributed by atoms with Crippen LogP contribution in [0, 0.1) is 25.2 Å². The summed E-state index contributed by atoms with van der Waals surface area (Å²) >= 11 is 0. The van der Waals surface area contributed by atoms with Crippen molar-refractivity contribution in [1.82, 2.24) is 4.57 Å². The van der Waals surface area contributed by atoms with E-state index >= 15 is 0 Å². The van der Waals surface area contributed by atoms with E-state index in [4.69, 9.17) is 14.2 Å². The molecule has 0 saturated heterocycles. The lowest BCUT2D eigenvalue weighted by molar-refractivity contribution is -0.139. The van der Waals surface area contributed by atoms with Crippen molar-refractivity contribution in [2.24, 2.45) is 0 Å². The molecule has 6 heteroatoms. The molecular weight excluding hydrogens is 344 g/mol. The molecule has 1 heterocycles. The second-order valence-electron chi connectivity index (χ2n) is 6.07. The van der Waals surface area contributed by atoms with Crippen molar-refractivity contribution < 1.29 is 19.0 Å². The first-order valence-corrected chi connectivity index (χ1v) is 8.57. The number of aryl methyl sites for hydroxylation is 1. The molecule has 0 bridgehead atoms. The summed E-state index contributed by atoms with van der Waals surface area (Å²) in [5, 5.41) is 9.38. The molecule has 0 fully saturated rings. The van der Waals surface area contributed by atoms with Gasteiger partial charge in [0.05, 0.1) is 13.7 Å². The van der Waals surface area contributed by atoms with Crippen LogP contribution in [0.25, 0.3) is 6.08 Å². The first-order chi connectivity index (χ1) is 13.0. The van der Waals surface area contributed by atoms with Crippen LogP contribution in [-0.2, 0) is 27.4 Å². The molecule has 6 nitrogen and oxygen atoms in total. The van der Waals surface area contributed by atoms with Crippen LogP contribution in [0.1, 0.15) is 22.5 Å². The van der Waals surface area contributed by atoms with Gasteiger partial charge in [-0.25, -0.2) is 4.79 Å². The van der Waals surface area contributed by atoms with Crippen molar-refractivity contribution >= 4 is 12.0 Å². The first-order valence-electron chi connectivity index (χ1n) is 8.57. The Kier molecular flexibility index (Phi) is 7.21. The standard InChI is InChI=1S/C21H24N2O4/c1-15-10-18(16(2)23(15)8-9-25-3)12-19(13-22)21(24)27-14-17-6-5-7-20(11-17)26-4/h5-7,10-12H,8-9,14H2,1-4H3/b19-12+. The third-order valence-electron chi connectivity index (χ3n) is 4.28. The second-order valence-corrected chi connectivity index (χ2v) is 6.07. The molecule has 2 aromatic rings. The van der Waals surface area contributed by atoms with Crippen LogP contribution in [-0.4, -0.2) is 31.4 Å². The number of esters is 1. The Morgan fingerprint density at radius 1 is 1.26 bits per heavy atom. The van der Waals surface area contributed by atoms with E-state index in [-0.39, 0.29) is 12.2 Å². The van der Waals surface area contributed by atoms with Gasteiger partial charge in [-0.3, -0.25) is 0 Å². The molecule has 0 amide bonds. The summed E-state index contributed by atoms with van der Waals surface area (Å²) in [4.78, 5) is 12.3. The van der Waals surface area contributed by atoms with Crippen LogP contribution in [0.2, 0.25) is 0 Å². The molecular formula is C21H24N2O4. The van der Waals surface area contributed by atoms with Crippen molar-refractivity contribution in [1.29, 1.82) is 5.26 Å². The Balaban J connectivity index is 2.13. The minimum atomic E-state index is -0.651. The zero-order chi connectivity index (χ0) is 19.8. The van der Waals surface area contributed by atoms with Gasteiger partial charge in [-0.2, -0.15) is 5.26 Å². The summed E-state index contributed by atoms with van der Waals surface area (Å²) < 4.78 is 17.6. The number of carbonyl (C=O) groups is 1. The van der Waals surface area contributed by atoms with Gasteiger partial charge in [-0.1, -0.05) is 12.1 Å². The van der Waals surface area contributed by atoms with E-state index in [1.807, 2.05) is 44.2 Å². The zero-order valence-electron chi connectivity index (χ0n) is 16.1. The highest BCUT2D eigenvalue weighted by molar-refractivity contribution is 5.98. The van der Waals surface area contributed by atoms with Crippen molar-refractivity contribution in [2.45, 2.75) is 27.0 Å². The van der Waals surface area contributed by atoms with Crippen molar-refractivity contribution in [3.8, 4) is 11.8 Å². The fourth-order valence-corrected chi connectivity index (χ4v) is 2.78. The molecule has 27 heavy (non-hydrogen) atoms. The average Bonchev–Trinajstić information content (AvgIpc) is 2.95. The van der Waals surface area contributed by atoms with E-state index in [1.54, 1.807) is 26.4 Å².